The van der Waals surface area contributed by atoms with Crippen molar-refractivity contribution >= 4 is 45.1 Å². The van der Waals surface area contributed by atoms with E-state index in [1.165, 1.54) is 7.11 Å². The number of nitrogens with zero attached hydrogens (tertiary/aromatic N) is 2. The van der Waals surface area contributed by atoms with Crippen LogP contribution in [0.25, 0.3) is 32.6 Å². The normalized spacial score (nSPS) is 11.8. The molecule has 3 aromatic heterocycles. The fourth-order valence-corrected chi connectivity index (χ4v) is 5.57. The van der Waals surface area contributed by atoms with Gasteiger partial charge < -0.3 is 23.6 Å². The lowest BCUT2D eigenvalue weighted by Crippen LogP contribution is -2.11. The molecule has 0 saturated heterocycles. The van der Waals surface area contributed by atoms with E-state index in [0.717, 1.165) is 49.5 Å². The van der Waals surface area contributed by atoms with Crippen molar-refractivity contribution in [2.24, 2.45) is 0 Å². The number of fused-ring (bicyclic) bond motifs is 2. The Balaban J connectivity index is 1.41. The molecule has 5 aromatic rings. The molecule has 0 spiro atoms. The van der Waals surface area contributed by atoms with Crippen LogP contribution in [0, 0.1) is 0 Å². The summed E-state index contributed by atoms with van der Waals surface area (Å²) < 4.78 is 18.9. The smallest absolute Gasteiger partial charge is 0.310 e. The average molecular weight is 561 g/mol. The van der Waals surface area contributed by atoms with Crippen LogP contribution in [0.5, 0.6) is 5.75 Å². The number of carboxylic acid groups (broad SMARTS) is 1. The van der Waals surface area contributed by atoms with Crippen LogP contribution in [-0.2, 0) is 32.7 Å². The molecule has 208 valence electrons. The van der Waals surface area contributed by atoms with Crippen LogP contribution >= 0.6 is 11.3 Å². The van der Waals surface area contributed by atoms with Gasteiger partial charge in [-0.2, -0.15) is 0 Å². The van der Waals surface area contributed by atoms with Gasteiger partial charge in [0.25, 0.3) is 0 Å². The Morgan fingerprint density at radius 3 is 2.67 bits per heavy atom. The molecular weight excluding hydrogens is 528 g/mol. The number of aromatic nitrogens is 2. The summed E-state index contributed by atoms with van der Waals surface area (Å²) >= 11 is 1.59. The molecule has 2 aromatic carbocycles. The summed E-state index contributed by atoms with van der Waals surface area (Å²) in [5.41, 5.74) is 4.72. The number of carbonyl (C=O) groups is 2. The predicted octanol–water partition coefficient (Wildman–Crippen LogP) is 6.82. The molecule has 0 fully saturated rings. The number of hydrogen-bond donors (Lipinski definition) is 1. The van der Waals surface area contributed by atoms with Crippen molar-refractivity contribution in [2.75, 3.05) is 13.7 Å². The number of furan rings is 1. The monoisotopic (exact) mass is 560 g/mol. The van der Waals surface area contributed by atoms with Crippen molar-refractivity contribution in [2.45, 2.75) is 52.0 Å². The third-order valence-electron chi connectivity index (χ3n) is 6.72. The highest BCUT2D eigenvalue weighted by Gasteiger charge is 2.20. The zero-order valence-electron chi connectivity index (χ0n) is 23.0. The largest absolute Gasteiger partial charge is 0.494 e. The van der Waals surface area contributed by atoms with Gasteiger partial charge in [-0.25, -0.2) is 4.98 Å². The maximum Gasteiger partial charge on any atom is 0.310 e. The van der Waals surface area contributed by atoms with Gasteiger partial charge in [0.1, 0.15) is 11.3 Å². The van der Waals surface area contributed by atoms with Gasteiger partial charge in [0.05, 0.1) is 25.8 Å². The summed E-state index contributed by atoms with van der Waals surface area (Å²) in [5, 5.41) is 13.7. The summed E-state index contributed by atoms with van der Waals surface area (Å²) in [7, 11) is 1.38. The zero-order valence-corrected chi connectivity index (χ0v) is 23.8. The van der Waals surface area contributed by atoms with Gasteiger partial charge in [-0.3, -0.25) is 9.59 Å². The first-order chi connectivity index (χ1) is 19.1. The van der Waals surface area contributed by atoms with Crippen LogP contribution in [0.2, 0.25) is 0 Å². The molecule has 5 rings (SSSR count). The molecule has 0 unspecified atom stereocenters. The number of carboxylic acids is 1. The fourth-order valence-electron chi connectivity index (χ4n) is 4.58. The molecule has 0 amide bonds. The van der Waals surface area contributed by atoms with E-state index in [9.17, 15) is 9.59 Å². The predicted molar refractivity (Wildman–Crippen MR) is 155 cm³/mol. The number of esters is 1. The summed E-state index contributed by atoms with van der Waals surface area (Å²) in [6.45, 7) is 7.34. The van der Waals surface area contributed by atoms with E-state index in [0.29, 0.717) is 25.3 Å². The summed E-state index contributed by atoms with van der Waals surface area (Å²) in [6, 6.07) is 13.9. The number of thiazole rings is 1. The Bertz CT molecular complexity index is 1690. The van der Waals surface area contributed by atoms with Crippen molar-refractivity contribution in [1.82, 2.24) is 9.55 Å². The Labute approximate surface area is 236 Å². The number of aliphatic carboxylic acids is 1. The number of ether oxygens (including phenoxy) is 2. The molecule has 9 heteroatoms. The first kappa shape index (κ1) is 27.5. The van der Waals surface area contributed by atoms with Gasteiger partial charge in [-0.1, -0.05) is 26.8 Å². The van der Waals surface area contributed by atoms with Crippen molar-refractivity contribution in [3.05, 3.63) is 70.9 Å². The molecule has 0 atom stereocenters. The van der Waals surface area contributed by atoms with E-state index in [1.807, 2.05) is 42.6 Å². The maximum atomic E-state index is 12.1. The molecule has 0 radical (unpaired) electrons. The quantitative estimate of drug-likeness (QED) is 0.148. The molecule has 0 saturated carbocycles. The van der Waals surface area contributed by atoms with Gasteiger partial charge in [-0.05, 0) is 53.9 Å². The van der Waals surface area contributed by atoms with E-state index in [-0.39, 0.29) is 24.2 Å². The first-order valence-corrected chi connectivity index (χ1v) is 14.0. The number of carbonyl (C=O) groups excluding carboxylic acids is 1. The standard InChI is InChI=1S/C31H32N2O6S/c1-31(2,3)27-18-40-30(32-27)26-13-20-12-19(7-10-25(20)39-26)16-33-17-21(14-29(36)37-4)23-15-22(8-9-24(23)33)38-11-5-6-28(34)35/h7-10,12-13,15,17-18H,5-6,11,14,16H2,1-4H3,(H,34,35). The van der Waals surface area contributed by atoms with E-state index < -0.39 is 5.97 Å². The molecular formula is C31H32N2O6S. The minimum absolute atomic E-state index is 0.0204. The van der Waals surface area contributed by atoms with Gasteiger partial charge in [-0.15, -0.1) is 11.3 Å². The highest BCUT2D eigenvalue weighted by Crippen LogP contribution is 2.34. The van der Waals surface area contributed by atoms with Crippen LogP contribution in [0.15, 0.2) is 58.5 Å². The molecule has 1 N–H and O–H groups in total. The van der Waals surface area contributed by atoms with Gasteiger partial charge in [0.15, 0.2) is 10.8 Å². The van der Waals surface area contributed by atoms with E-state index >= 15 is 0 Å². The summed E-state index contributed by atoms with van der Waals surface area (Å²) in [6.07, 6.45) is 2.58. The van der Waals surface area contributed by atoms with Crippen LogP contribution in [-0.4, -0.2) is 40.3 Å². The third kappa shape index (κ3) is 6.04. The second-order valence-corrected chi connectivity index (χ2v) is 11.7. The Hall–Kier alpha value is -4.11. The second kappa shape index (κ2) is 11.2. The molecule has 0 aliphatic rings. The Kier molecular flexibility index (Phi) is 7.67. The van der Waals surface area contributed by atoms with Crippen molar-refractivity contribution in [3.8, 4) is 16.5 Å². The number of benzene rings is 2. The summed E-state index contributed by atoms with van der Waals surface area (Å²) in [4.78, 5) is 27.7. The Morgan fingerprint density at radius 2 is 1.95 bits per heavy atom. The third-order valence-corrected chi connectivity index (χ3v) is 7.58. The topological polar surface area (TPSA) is 104 Å². The SMILES string of the molecule is COC(=O)Cc1cn(Cc2ccc3oc(-c4nc(C(C)(C)C)cs4)cc3c2)c2ccc(OCCCC(=O)O)cc12. The number of hydrogen-bond acceptors (Lipinski definition) is 7. The van der Waals surface area contributed by atoms with Gasteiger partial charge >= 0.3 is 11.9 Å². The summed E-state index contributed by atoms with van der Waals surface area (Å²) in [5.74, 6) is 0.219. The molecule has 3 heterocycles. The average Bonchev–Trinajstić information content (AvgIpc) is 3.64. The van der Waals surface area contributed by atoms with E-state index in [1.54, 1.807) is 11.3 Å². The van der Waals surface area contributed by atoms with Gasteiger partial charge in [0.2, 0.25) is 0 Å². The van der Waals surface area contributed by atoms with Gasteiger partial charge in [0, 0.05) is 46.2 Å². The number of rotatable bonds is 10. The highest BCUT2D eigenvalue weighted by molar-refractivity contribution is 7.13. The molecule has 40 heavy (non-hydrogen) atoms. The fraction of sp³-hybridized carbons (Fsp3) is 0.323. The molecule has 0 aliphatic carbocycles. The highest BCUT2D eigenvalue weighted by atomic mass is 32.1. The van der Waals surface area contributed by atoms with Crippen LogP contribution in [0.4, 0.5) is 0 Å². The second-order valence-electron chi connectivity index (χ2n) is 10.8. The van der Waals surface area contributed by atoms with Crippen molar-refractivity contribution in [3.63, 3.8) is 0 Å². The minimum Gasteiger partial charge on any atom is -0.494 e. The lowest BCUT2D eigenvalue weighted by atomic mass is 9.93. The lowest BCUT2D eigenvalue weighted by Gasteiger charge is -2.13. The van der Waals surface area contributed by atoms with Crippen LogP contribution < -0.4 is 4.74 Å². The number of methoxy groups -OCH3 is 1. The zero-order chi connectivity index (χ0) is 28.4. The molecule has 0 aliphatic heterocycles. The van der Waals surface area contributed by atoms with E-state index in [2.05, 4.69) is 36.8 Å². The molecule has 0 bridgehead atoms. The van der Waals surface area contributed by atoms with E-state index in [4.69, 9.17) is 24.0 Å². The minimum atomic E-state index is -0.848. The first-order valence-electron chi connectivity index (χ1n) is 13.1. The van der Waals surface area contributed by atoms with Crippen molar-refractivity contribution in [1.29, 1.82) is 0 Å². The van der Waals surface area contributed by atoms with Crippen LogP contribution in [0.1, 0.15) is 50.4 Å². The molecule has 8 nitrogen and oxygen atoms in total. The van der Waals surface area contributed by atoms with Crippen LogP contribution in [0.3, 0.4) is 0 Å². The lowest BCUT2D eigenvalue weighted by molar-refractivity contribution is -0.140. The Morgan fingerprint density at radius 1 is 1.12 bits per heavy atom. The maximum absolute atomic E-state index is 12.1. The van der Waals surface area contributed by atoms with Crippen molar-refractivity contribution < 1.29 is 28.6 Å².